The van der Waals surface area contributed by atoms with Crippen molar-refractivity contribution in [3.05, 3.63) is 18.3 Å². The number of aromatic nitrogens is 1. The molecule has 0 spiro atoms. The smallest absolute Gasteiger partial charge is 0.228 e. The maximum atomic E-state index is 11.6. The van der Waals surface area contributed by atoms with Crippen molar-refractivity contribution in [2.45, 2.75) is 25.8 Å². The maximum absolute atomic E-state index is 11.6. The molecule has 1 aromatic heterocycles. The van der Waals surface area contributed by atoms with Crippen LogP contribution in [-0.4, -0.2) is 24.0 Å². The molecule has 4 nitrogen and oxygen atoms in total. The van der Waals surface area contributed by atoms with Gasteiger partial charge >= 0.3 is 0 Å². The Bertz CT molecular complexity index is 361. The second kappa shape index (κ2) is 3.88. The van der Waals surface area contributed by atoms with E-state index in [4.69, 9.17) is 4.74 Å². The molecule has 0 bridgehead atoms. The van der Waals surface area contributed by atoms with Gasteiger partial charge in [-0.15, -0.1) is 0 Å². The summed E-state index contributed by atoms with van der Waals surface area (Å²) >= 11 is 0. The van der Waals surface area contributed by atoms with Gasteiger partial charge in [-0.05, 0) is 25.5 Å². The number of carbonyl (C=O) groups is 1. The number of nitrogens with zero attached hydrogens (tertiary/aromatic N) is 2. The van der Waals surface area contributed by atoms with E-state index in [0.29, 0.717) is 18.0 Å². The zero-order valence-electron chi connectivity index (χ0n) is 8.93. The van der Waals surface area contributed by atoms with E-state index in [2.05, 4.69) is 4.98 Å². The number of rotatable bonds is 2. The van der Waals surface area contributed by atoms with Crippen molar-refractivity contribution in [1.82, 2.24) is 4.98 Å². The molecule has 0 N–H and O–H groups in total. The van der Waals surface area contributed by atoms with E-state index in [1.54, 1.807) is 18.2 Å². The fourth-order valence-corrected chi connectivity index (χ4v) is 1.82. The molecule has 1 aliphatic rings. The summed E-state index contributed by atoms with van der Waals surface area (Å²) in [6.07, 6.45) is 3.16. The molecular formula is C11H14N2O2. The Labute approximate surface area is 88.9 Å². The van der Waals surface area contributed by atoms with Crippen LogP contribution in [0.2, 0.25) is 0 Å². The Kier molecular flexibility index (Phi) is 2.58. The van der Waals surface area contributed by atoms with Crippen LogP contribution < -0.4 is 9.64 Å². The summed E-state index contributed by atoms with van der Waals surface area (Å²) in [6.45, 7) is 2.04. The number of methoxy groups -OCH3 is 1. The van der Waals surface area contributed by atoms with Crippen molar-refractivity contribution in [3.8, 4) is 5.75 Å². The third-order valence-electron chi connectivity index (χ3n) is 2.69. The largest absolute Gasteiger partial charge is 0.495 e. The predicted octanol–water partition coefficient (Wildman–Crippen LogP) is 1.61. The molecule has 0 saturated carbocycles. The van der Waals surface area contributed by atoms with Crippen LogP contribution in [0.3, 0.4) is 0 Å². The first-order chi connectivity index (χ1) is 7.22. The quantitative estimate of drug-likeness (QED) is 0.738. The Balaban J connectivity index is 2.25. The number of anilines is 1. The molecule has 1 aromatic rings. The van der Waals surface area contributed by atoms with E-state index in [0.717, 1.165) is 6.42 Å². The minimum Gasteiger partial charge on any atom is -0.495 e. The van der Waals surface area contributed by atoms with Crippen LogP contribution >= 0.6 is 0 Å². The minimum absolute atomic E-state index is 0.153. The first kappa shape index (κ1) is 9.96. The lowest BCUT2D eigenvalue weighted by atomic mass is 10.2. The van der Waals surface area contributed by atoms with Gasteiger partial charge in [0.25, 0.3) is 0 Å². The van der Waals surface area contributed by atoms with Gasteiger partial charge in [-0.1, -0.05) is 0 Å². The standard InChI is InChI=1S/C11H14N2O2/c1-8-3-6-11(14)13(8)10-5-4-9(15-2)7-12-10/h4-5,7-8H,3,6H2,1-2H3. The predicted molar refractivity (Wildman–Crippen MR) is 57.0 cm³/mol. The molecule has 1 unspecified atom stereocenters. The summed E-state index contributed by atoms with van der Waals surface area (Å²) in [7, 11) is 1.60. The van der Waals surface area contributed by atoms with Crippen LogP contribution in [-0.2, 0) is 4.79 Å². The summed E-state index contributed by atoms with van der Waals surface area (Å²) in [5.74, 6) is 1.57. The van der Waals surface area contributed by atoms with E-state index in [-0.39, 0.29) is 11.9 Å². The van der Waals surface area contributed by atoms with Crippen LogP contribution in [0.15, 0.2) is 18.3 Å². The van der Waals surface area contributed by atoms with Crippen LogP contribution in [0.25, 0.3) is 0 Å². The van der Waals surface area contributed by atoms with Crippen molar-refractivity contribution in [2.24, 2.45) is 0 Å². The van der Waals surface area contributed by atoms with Crippen molar-refractivity contribution >= 4 is 11.7 Å². The lowest BCUT2D eigenvalue weighted by Gasteiger charge is -2.20. The first-order valence-electron chi connectivity index (χ1n) is 5.04. The van der Waals surface area contributed by atoms with E-state index < -0.39 is 0 Å². The van der Waals surface area contributed by atoms with Gasteiger partial charge in [0, 0.05) is 12.5 Å². The molecule has 4 heteroatoms. The molecule has 2 rings (SSSR count). The van der Waals surface area contributed by atoms with Crippen LogP contribution in [0, 0.1) is 0 Å². The first-order valence-corrected chi connectivity index (χ1v) is 5.04. The summed E-state index contributed by atoms with van der Waals surface area (Å²) < 4.78 is 5.02. The number of carbonyl (C=O) groups excluding carboxylic acids is 1. The molecular weight excluding hydrogens is 192 g/mol. The summed E-state index contributed by atoms with van der Waals surface area (Å²) in [5.41, 5.74) is 0. The van der Waals surface area contributed by atoms with Crippen molar-refractivity contribution < 1.29 is 9.53 Å². The summed E-state index contributed by atoms with van der Waals surface area (Å²) in [5, 5.41) is 0. The van der Waals surface area contributed by atoms with Gasteiger partial charge in [0.2, 0.25) is 5.91 Å². The van der Waals surface area contributed by atoms with Crippen molar-refractivity contribution in [2.75, 3.05) is 12.0 Å². The van der Waals surface area contributed by atoms with E-state index in [9.17, 15) is 4.79 Å². The second-order valence-electron chi connectivity index (χ2n) is 3.71. The lowest BCUT2D eigenvalue weighted by Crippen LogP contribution is -2.31. The molecule has 2 heterocycles. The van der Waals surface area contributed by atoms with Crippen LogP contribution in [0.5, 0.6) is 5.75 Å². The van der Waals surface area contributed by atoms with E-state index in [1.165, 1.54) is 0 Å². The molecule has 0 radical (unpaired) electrons. The van der Waals surface area contributed by atoms with Crippen molar-refractivity contribution in [3.63, 3.8) is 0 Å². The van der Waals surface area contributed by atoms with Gasteiger partial charge in [-0.3, -0.25) is 9.69 Å². The second-order valence-corrected chi connectivity index (χ2v) is 3.71. The van der Waals surface area contributed by atoms with Gasteiger partial charge in [-0.2, -0.15) is 0 Å². The Morgan fingerprint density at radius 3 is 2.80 bits per heavy atom. The van der Waals surface area contributed by atoms with Gasteiger partial charge in [-0.25, -0.2) is 4.98 Å². The van der Waals surface area contributed by atoms with Gasteiger partial charge in [0.15, 0.2) is 0 Å². The van der Waals surface area contributed by atoms with Gasteiger partial charge in [0.05, 0.1) is 13.3 Å². The van der Waals surface area contributed by atoms with Gasteiger partial charge in [0.1, 0.15) is 11.6 Å². The third kappa shape index (κ3) is 1.79. The van der Waals surface area contributed by atoms with E-state index in [1.807, 2.05) is 19.1 Å². The number of pyridine rings is 1. The fourth-order valence-electron chi connectivity index (χ4n) is 1.82. The zero-order valence-corrected chi connectivity index (χ0v) is 8.93. The average Bonchev–Trinajstić information content (AvgIpc) is 2.59. The number of hydrogen-bond donors (Lipinski definition) is 0. The number of amides is 1. The molecule has 1 atom stereocenters. The highest BCUT2D eigenvalue weighted by Gasteiger charge is 2.29. The molecule has 0 aromatic carbocycles. The zero-order chi connectivity index (χ0) is 10.8. The third-order valence-corrected chi connectivity index (χ3v) is 2.69. The highest BCUT2D eigenvalue weighted by molar-refractivity contribution is 5.95. The average molecular weight is 206 g/mol. The molecule has 1 aliphatic heterocycles. The normalized spacial score (nSPS) is 20.8. The highest BCUT2D eigenvalue weighted by atomic mass is 16.5. The van der Waals surface area contributed by atoms with Crippen LogP contribution in [0.1, 0.15) is 19.8 Å². The number of hydrogen-bond acceptors (Lipinski definition) is 3. The molecule has 0 aliphatic carbocycles. The lowest BCUT2D eigenvalue weighted by molar-refractivity contribution is -0.117. The monoisotopic (exact) mass is 206 g/mol. The molecule has 1 fully saturated rings. The highest BCUT2D eigenvalue weighted by Crippen LogP contribution is 2.25. The van der Waals surface area contributed by atoms with Gasteiger partial charge < -0.3 is 4.74 Å². The summed E-state index contributed by atoms with van der Waals surface area (Å²) in [4.78, 5) is 17.6. The Hall–Kier alpha value is -1.58. The van der Waals surface area contributed by atoms with Crippen LogP contribution in [0.4, 0.5) is 5.82 Å². The molecule has 1 amide bonds. The minimum atomic E-state index is 0.153. The maximum Gasteiger partial charge on any atom is 0.228 e. The van der Waals surface area contributed by atoms with E-state index >= 15 is 0 Å². The Morgan fingerprint density at radius 1 is 1.53 bits per heavy atom. The fraction of sp³-hybridized carbons (Fsp3) is 0.455. The molecule has 80 valence electrons. The topological polar surface area (TPSA) is 42.4 Å². The van der Waals surface area contributed by atoms with Crippen molar-refractivity contribution in [1.29, 1.82) is 0 Å². The Morgan fingerprint density at radius 2 is 2.33 bits per heavy atom. The summed E-state index contributed by atoms with van der Waals surface area (Å²) in [6, 6.07) is 3.89. The molecule has 1 saturated heterocycles. The SMILES string of the molecule is COc1ccc(N2C(=O)CCC2C)nc1. The number of ether oxygens (including phenoxy) is 1. The molecule has 15 heavy (non-hydrogen) atoms.